The van der Waals surface area contributed by atoms with Gasteiger partial charge in [0.05, 0.1) is 13.2 Å². The lowest BCUT2D eigenvalue weighted by atomic mass is 10.1. The number of aryl methyl sites for hydroxylation is 1. The molecule has 0 radical (unpaired) electrons. The van der Waals surface area contributed by atoms with Gasteiger partial charge in [-0.1, -0.05) is 6.07 Å². The smallest absolute Gasteiger partial charge is 0.164 e. The number of ether oxygens (including phenoxy) is 2. The fourth-order valence-electron chi connectivity index (χ4n) is 1.66. The second-order valence-electron chi connectivity index (χ2n) is 4.17. The van der Waals surface area contributed by atoms with Crippen molar-refractivity contribution in [2.75, 3.05) is 7.11 Å². The minimum absolute atomic E-state index is 0.306. The van der Waals surface area contributed by atoms with Gasteiger partial charge in [0.25, 0.3) is 0 Å². The van der Waals surface area contributed by atoms with Gasteiger partial charge in [-0.15, -0.1) is 0 Å². The fourth-order valence-corrected chi connectivity index (χ4v) is 1.66. The van der Waals surface area contributed by atoms with Crippen molar-refractivity contribution in [2.45, 2.75) is 19.6 Å². The molecule has 0 bridgehead atoms. The zero-order valence-corrected chi connectivity index (χ0v) is 11.2. The zero-order chi connectivity index (χ0) is 13.8. The Hall–Kier alpha value is -2.08. The molecule has 1 unspecified atom stereocenters. The van der Waals surface area contributed by atoms with E-state index in [2.05, 4.69) is 10.1 Å². The Bertz CT molecular complexity index is 552. The highest BCUT2D eigenvalue weighted by molar-refractivity contribution is 5.43. The van der Waals surface area contributed by atoms with Crippen LogP contribution in [0.15, 0.2) is 24.5 Å². The van der Waals surface area contributed by atoms with Gasteiger partial charge in [-0.05, 0) is 24.6 Å². The molecule has 0 aliphatic carbocycles. The average molecular weight is 263 g/mol. The van der Waals surface area contributed by atoms with Crippen molar-refractivity contribution in [3.8, 4) is 11.5 Å². The van der Waals surface area contributed by atoms with Crippen LogP contribution in [0.25, 0.3) is 0 Å². The van der Waals surface area contributed by atoms with Crippen LogP contribution in [-0.2, 0) is 13.7 Å². The van der Waals surface area contributed by atoms with E-state index < -0.39 is 6.10 Å². The molecule has 0 saturated carbocycles. The summed E-state index contributed by atoms with van der Waals surface area (Å²) in [6.07, 6.45) is 0.939. The van der Waals surface area contributed by atoms with Crippen molar-refractivity contribution in [1.82, 2.24) is 14.8 Å². The molecule has 0 spiro atoms. The van der Waals surface area contributed by atoms with Gasteiger partial charge in [-0.2, -0.15) is 5.10 Å². The van der Waals surface area contributed by atoms with Gasteiger partial charge >= 0.3 is 0 Å². The molecule has 1 aromatic carbocycles. The standard InChI is InChI=1S/C13H17N3O3/c1-9(17)10-4-5-11(12(6-10)18-3)19-7-13-14-8-15-16(13)2/h4-6,8-9,17H,7H2,1-3H3. The second kappa shape index (κ2) is 5.71. The predicted molar refractivity (Wildman–Crippen MR) is 69.0 cm³/mol. The average Bonchev–Trinajstić information content (AvgIpc) is 2.81. The first kappa shape index (κ1) is 13.4. The van der Waals surface area contributed by atoms with E-state index >= 15 is 0 Å². The number of benzene rings is 1. The SMILES string of the molecule is COc1cc(C(C)O)ccc1OCc1ncnn1C. The van der Waals surface area contributed by atoms with Gasteiger partial charge in [0.2, 0.25) is 0 Å². The van der Waals surface area contributed by atoms with Crippen LogP contribution in [0.3, 0.4) is 0 Å². The van der Waals surface area contributed by atoms with Crippen molar-refractivity contribution in [2.24, 2.45) is 7.05 Å². The third kappa shape index (κ3) is 3.03. The number of hydrogen-bond donors (Lipinski definition) is 1. The van der Waals surface area contributed by atoms with Crippen LogP contribution < -0.4 is 9.47 Å². The van der Waals surface area contributed by atoms with Crippen LogP contribution in [-0.4, -0.2) is 27.0 Å². The summed E-state index contributed by atoms with van der Waals surface area (Å²) in [5.41, 5.74) is 0.780. The lowest BCUT2D eigenvalue weighted by Gasteiger charge is -2.13. The molecule has 1 atom stereocenters. The second-order valence-corrected chi connectivity index (χ2v) is 4.17. The molecular weight excluding hydrogens is 246 g/mol. The van der Waals surface area contributed by atoms with E-state index in [0.29, 0.717) is 18.1 Å². The highest BCUT2D eigenvalue weighted by Crippen LogP contribution is 2.30. The molecule has 0 saturated heterocycles. The van der Waals surface area contributed by atoms with Gasteiger partial charge in [0.15, 0.2) is 17.3 Å². The van der Waals surface area contributed by atoms with Crippen LogP contribution in [0.5, 0.6) is 11.5 Å². The van der Waals surface area contributed by atoms with Crippen molar-refractivity contribution in [3.63, 3.8) is 0 Å². The number of hydrogen-bond acceptors (Lipinski definition) is 5. The number of nitrogens with zero attached hydrogens (tertiary/aromatic N) is 3. The quantitative estimate of drug-likeness (QED) is 0.884. The molecule has 1 aromatic heterocycles. The molecule has 0 amide bonds. The lowest BCUT2D eigenvalue weighted by molar-refractivity contribution is 0.198. The van der Waals surface area contributed by atoms with E-state index in [1.165, 1.54) is 6.33 Å². The predicted octanol–water partition coefficient (Wildman–Crippen LogP) is 1.46. The number of aromatic nitrogens is 3. The maximum Gasteiger partial charge on any atom is 0.164 e. The highest BCUT2D eigenvalue weighted by Gasteiger charge is 2.10. The molecule has 19 heavy (non-hydrogen) atoms. The summed E-state index contributed by atoms with van der Waals surface area (Å²) in [5.74, 6) is 1.91. The molecule has 1 heterocycles. The lowest BCUT2D eigenvalue weighted by Crippen LogP contribution is -2.05. The van der Waals surface area contributed by atoms with E-state index in [1.54, 1.807) is 44.0 Å². The first-order chi connectivity index (χ1) is 9.11. The van der Waals surface area contributed by atoms with Gasteiger partial charge in [-0.25, -0.2) is 4.98 Å². The maximum absolute atomic E-state index is 9.53. The third-order valence-electron chi connectivity index (χ3n) is 2.83. The Balaban J connectivity index is 2.14. The summed E-state index contributed by atoms with van der Waals surface area (Å²) in [6, 6.07) is 5.34. The molecule has 6 heteroatoms. The van der Waals surface area contributed by atoms with E-state index in [-0.39, 0.29) is 0 Å². The number of aliphatic hydroxyl groups is 1. The van der Waals surface area contributed by atoms with E-state index in [9.17, 15) is 5.11 Å². The van der Waals surface area contributed by atoms with Crippen LogP contribution in [0.2, 0.25) is 0 Å². The topological polar surface area (TPSA) is 69.4 Å². The van der Waals surface area contributed by atoms with Crippen LogP contribution in [0, 0.1) is 0 Å². The maximum atomic E-state index is 9.53. The Morgan fingerprint density at radius 1 is 1.37 bits per heavy atom. The largest absolute Gasteiger partial charge is 0.493 e. The van der Waals surface area contributed by atoms with Crippen LogP contribution in [0.4, 0.5) is 0 Å². The van der Waals surface area contributed by atoms with Gasteiger partial charge in [0, 0.05) is 7.05 Å². The first-order valence-electron chi connectivity index (χ1n) is 5.93. The van der Waals surface area contributed by atoms with E-state index in [1.807, 2.05) is 0 Å². The molecule has 1 N–H and O–H groups in total. The molecular formula is C13H17N3O3. The number of rotatable bonds is 5. The minimum atomic E-state index is -0.540. The molecule has 0 aliphatic rings. The summed E-state index contributed by atoms with van der Waals surface area (Å²) < 4.78 is 12.6. The fraction of sp³-hybridized carbons (Fsp3) is 0.385. The highest BCUT2D eigenvalue weighted by atomic mass is 16.5. The number of aliphatic hydroxyl groups excluding tert-OH is 1. The minimum Gasteiger partial charge on any atom is -0.493 e. The molecule has 6 nitrogen and oxygen atoms in total. The van der Waals surface area contributed by atoms with Crippen molar-refractivity contribution in [3.05, 3.63) is 35.9 Å². The molecule has 2 rings (SSSR count). The summed E-state index contributed by atoms with van der Waals surface area (Å²) >= 11 is 0. The first-order valence-corrected chi connectivity index (χ1v) is 5.93. The molecule has 0 fully saturated rings. The molecule has 2 aromatic rings. The number of methoxy groups -OCH3 is 1. The summed E-state index contributed by atoms with van der Waals surface area (Å²) in [7, 11) is 3.37. The van der Waals surface area contributed by atoms with Gasteiger partial charge in [-0.3, -0.25) is 4.68 Å². The molecule has 102 valence electrons. The van der Waals surface area contributed by atoms with Crippen LogP contribution in [0.1, 0.15) is 24.4 Å². The van der Waals surface area contributed by atoms with Crippen molar-refractivity contribution >= 4 is 0 Å². The summed E-state index contributed by atoms with van der Waals surface area (Å²) in [4.78, 5) is 4.08. The van der Waals surface area contributed by atoms with Crippen LogP contribution >= 0.6 is 0 Å². The monoisotopic (exact) mass is 263 g/mol. The Morgan fingerprint density at radius 3 is 2.74 bits per heavy atom. The summed E-state index contributed by atoms with van der Waals surface area (Å²) in [5, 5.41) is 13.5. The van der Waals surface area contributed by atoms with Crippen molar-refractivity contribution < 1.29 is 14.6 Å². The Morgan fingerprint density at radius 2 is 2.16 bits per heavy atom. The van der Waals surface area contributed by atoms with Gasteiger partial charge in [0.1, 0.15) is 12.9 Å². The van der Waals surface area contributed by atoms with E-state index in [0.717, 1.165) is 11.4 Å². The van der Waals surface area contributed by atoms with E-state index in [4.69, 9.17) is 9.47 Å². The van der Waals surface area contributed by atoms with Crippen molar-refractivity contribution in [1.29, 1.82) is 0 Å². The normalized spacial score (nSPS) is 12.2. The Kier molecular flexibility index (Phi) is 4.01. The summed E-state index contributed by atoms with van der Waals surface area (Å²) in [6.45, 7) is 2.01. The zero-order valence-electron chi connectivity index (χ0n) is 11.2. The van der Waals surface area contributed by atoms with Gasteiger partial charge < -0.3 is 14.6 Å². The molecule has 0 aliphatic heterocycles. The third-order valence-corrected chi connectivity index (χ3v) is 2.83. The Labute approximate surface area is 111 Å².